The molecule has 0 atom stereocenters. The molecular formula is C16H20Cl2O4. The molecule has 0 saturated carbocycles. The molecule has 0 bridgehead atoms. The highest BCUT2D eigenvalue weighted by molar-refractivity contribution is 6.69. The number of carbonyl (C=O) groups is 2. The quantitative estimate of drug-likeness (QED) is 0.649. The fourth-order valence-electron chi connectivity index (χ4n) is 1.62. The van der Waals surface area contributed by atoms with E-state index in [1.54, 1.807) is 0 Å². The maximum Gasteiger partial charge on any atom is 0.256 e. The van der Waals surface area contributed by atoms with Crippen molar-refractivity contribution in [2.24, 2.45) is 11.8 Å². The van der Waals surface area contributed by atoms with Crippen LogP contribution < -0.4 is 9.47 Å². The zero-order valence-electron chi connectivity index (χ0n) is 13.1. The molecule has 0 aliphatic heterocycles. The molecule has 0 aromatic heterocycles. The van der Waals surface area contributed by atoms with Crippen LogP contribution in [-0.2, 0) is 0 Å². The summed E-state index contributed by atoms with van der Waals surface area (Å²) in [6.45, 7) is 8.75. The van der Waals surface area contributed by atoms with Crippen molar-refractivity contribution in [1.82, 2.24) is 0 Å². The summed E-state index contributed by atoms with van der Waals surface area (Å²) in [5.74, 6) is 1.11. The Hall–Kier alpha value is -1.26. The van der Waals surface area contributed by atoms with Crippen LogP contribution in [0.15, 0.2) is 12.1 Å². The van der Waals surface area contributed by atoms with E-state index in [0.717, 1.165) is 0 Å². The average molecular weight is 347 g/mol. The van der Waals surface area contributed by atoms with E-state index in [-0.39, 0.29) is 34.5 Å². The number of benzene rings is 1. The number of hydrogen-bond acceptors (Lipinski definition) is 4. The topological polar surface area (TPSA) is 52.6 Å². The first-order valence-electron chi connectivity index (χ1n) is 7.05. The summed E-state index contributed by atoms with van der Waals surface area (Å²) in [6, 6.07) is 2.81. The summed E-state index contributed by atoms with van der Waals surface area (Å²) in [6.07, 6.45) is 0. The van der Waals surface area contributed by atoms with Crippen LogP contribution in [-0.4, -0.2) is 23.7 Å². The van der Waals surface area contributed by atoms with E-state index >= 15 is 0 Å². The Morgan fingerprint density at radius 3 is 1.50 bits per heavy atom. The summed E-state index contributed by atoms with van der Waals surface area (Å²) in [5, 5.41) is -1.43. The van der Waals surface area contributed by atoms with Crippen molar-refractivity contribution in [3.05, 3.63) is 23.3 Å². The summed E-state index contributed by atoms with van der Waals surface area (Å²) < 4.78 is 11.2. The largest absolute Gasteiger partial charge is 0.492 e. The molecule has 0 heterocycles. The smallest absolute Gasteiger partial charge is 0.256 e. The second-order valence-corrected chi connectivity index (χ2v) is 6.49. The van der Waals surface area contributed by atoms with E-state index in [2.05, 4.69) is 0 Å². The Bertz CT molecular complexity index is 508. The van der Waals surface area contributed by atoms with Gasteiger partial charge in [0.2, 0.25) is 0 Å². The Kier molecular flexibility index (Phi) is 7.17. The second-order valence-electron chi connectivity index (χ2n) is 5.80. The number of ether oxygens (including phenoxy) is 2. The highest BCUT2D eigenvalue weighted by atomic mass is 35.5. The van der Waals surface area contributed by atoms with Crippen molar-refractivity contribution in [2.75, 3.05) is 13.2 Å². The fourth-order valence-corrected chi connectivity index (χ4v) is 1.92. The van der Waals surface area contributed by atoms with E-state index in [1.807, 2.05) is 27.7 Å². The van der Waals surface area contributed by atoms with Crippen molar-refractivity contribution in [3.8, 4) is 11.5 Å². The van der Waals surface area contributed by atoms with E-state index in [9.17, 15) is 9.59 Å². The van der Waals surface area contributed by atoms with Crippen LogP contribution >= 0.6 is 23.2 Å². The van der Waals surface area contributed by atoms with E-state index < -0.39 is 10.5 Å². The van der Waals surface area contributed by atoms with Crippen LogP contribution in [0.4, 0.5) is 0 Å². The lowest BCUT2D eigenvalue weighted by molar-refractivity contribution is 0.107. The summed E-state index contributed by atoms with van der Waals surface area (Å²) in [7, 11) is 0. The lowest BCUT2D eigenvalue weighted by Gasteiger charge is -2.16. The molecule has 122 valence electrons. The third kappa shape index (κ3) is 5.50. The van der Waals surface area contributed by atoms with Gasteiger partial charge in [-0.25, -0.2) is 0 Å². The minimum atomic E-state index is -0.715. The predicted octanol–water partition coefficient (Wildman–Crippen LogP) is 4.51. The van der Waals surface area contributed by atoms with Gasteiger partial charge in [0.25, 0.3) is 10.5 Å². The molecule has 0 saturated heterocycles. The third-order valence-corrected chi connectivity index (χ3v) is 3.06. The zero-order valence-corrected chi connectivity index (χ0v) is 14.6. The lowest BCUT2D eigenvalue weighted by atomic mass is 10.1. The first-order valence-corrected chi connectivity index (χ1v) is 7.81. The van der Waals surface area contributed by atoms with Gasteiger partial charge in [-0.2, -0.15) is 0 Å². The standard InChI is InChI=1S/C16H20Cl2O4/c1-9(2)7-21-13-6-14(22-8-10(3)4)12(16(18)20)5-11(13)15(17)19/h5-6,9-10H,7-8H2,1-4H3. The van der Waals surface area contributed by atoms with Gasteiger partial charge in [-0.15, -0.1) is 0 Å². The molecule has 1 aromatic carbocycles. The van der Waals surface area contributed by atoms with Crippen molar-refractivity contribution >= 4 is 33.7 Å². The fraction of sp³-hybridized carbons (Fsp3) is 0.500. The Morgan fingerprint density at radius 2 is 1.23 bits per heavy atom. The molecular weight excluding hydrogens is 327 g/mol. The van der Waals surface area contributed by atoms with Gasteiger partial charge in [0, 0.05) is 6.07 Å². The molecule has 1 aromatic rings. The molecule has 0 amide bonds. The molecule has 0 N–H and O–H groups in total. The second kappa shape index (κ2) is 8.39. The van der Waals surface area contributed by atoms with Gasteiger partial charge in [0.05, 0.1) is 24.3 Å². The number of rotatable bonds is 8. The Balaban J connectivity index is 3.25. The van der Waals surface area contributed by atoms with Crippen LogP contribution in [0.25, 0.3) is 0 Å². The van der Waals surface area contributed by atoms with Gasteiger partial charge in [-0.05, 0) is 41.1 Å². The van der Waals surface area contributed by atoms with Crippen LogP contribution in [0.3, 0.4) is 0 Å². The minimum Gasteiger partial charge on any atom is -0.492 e. The molecule has 0 spiro atoms. The van der Waals surface area contributed by atoms with Gasteiger partial charge < -0.3 is 9.47 Å². The van der Waals surface area contributed by atoms with Crippen molar-refractivity contribution < 1.29 is 19.1 Å². The van der Waals surface area contributed by atoms with E-state index in [4.69, 9.17) is 32.7 Å². The first-order chi connectivity index (χ1) is 10.2. The maximum atomic E-state index is 11.6. The number of halogens is 2. The molecule has 0 aliphatic carbocycles. The monoisotopic (exact) mass is 346 g/mol. The van der Waals surface area contributed by atoms with Gasteiger partial charge in [-0.1, -0.05) is 27.7 Å². The SMILES string of the molecule is CC(C)COc1cc(OCC(C)C)c(C(=O)Cl)cc1C(=O)Cl. The normalized spacial score (nSPS) is 10.9. The number of hydrogen-bond donors (Lipinski definition) is 0. The molecule has 0 fully saturated rings. The average Bonchev–Trinajstić information content (AvgIpc) is 2.41. The van der Waals surface area contributed by atoms with Crippen molar-refractivity contribution in [3.63, 3.8) is 0 Å². The molecule has 22 heavy (non-hydrogen) atoms. The third-order valence-electron chi connectivity index (χ3n) is 2.65. The highest BCUT2D eigenvalue weighted by Crippen LogP contribution is 2.32. The van der Waals surface area contributed by atoms with E-state index in [1.165, 1.54) is 12.1 Å². The van der Waals surface area contributed by atoms with Crippen LogP contribution in [0.2, 0.25) is 0 Å². The van der Waals surface area contributed by atoms with Gasteiger partial charge >= 0.3 is 0 Å². The lowest BCUT2D eigenvalue weighted by Crippen LogP contribution is -2.11. The van der Waals surface area contributed by atoms with Gasteiger partial charge in [0.1, 0.15) is 11.5 Å². The number of carbonyl (C=O) groups excluding carboxylic acids is 2. The Labute approximate surface area is 140 Å². The molecule has 4 nitrogen and oxygen atoms in total. The molecule has 1 rings (SSSR count). The van der Waals surface area contributed by atoms with Crippen LogP contribution in [0.1, 0.15) is 48.4 Å². The zero-order chi connectivity index (χ0) is 16.9. The van der Waals surface area contributed by atoms with Crippen LogP contribution in [0, 0.1) is 11.8 Å². The van der Waals surface area contributed by atoms with Gasteiger partial charge in [-0.3, -0.25) is 9.59 Å². The van der Waals surface area contributed by atoms with Gasteiger partial charge in [0.15, 0.2) is 0 Å². The predicted molar refractivity (Wildman–Crippen MR) is 87.5 cm³/mol. The first kappa shape index (κ1) is 18.8. The summed E-state index contributed by atoms with van der Waals surface area (Å²) in [4.78, 5) is 23.1. The summed E-state index contributed by atoms with van der Waals surface area (Å²) >= 11 is 11.1. The highest BCUT2D eigenvalue weighted by Gasteiger charge is 2.20. The minimum absolute atomic E-state index is 0.100. The molecule has 0 aliphatic rings. The van der Waals surface area contributed by atoms with Crippen LogP contribution in [0.5, 0.6) is 11.5 Å². The molecule has 0 radical (unpaired) electrons. The Morgan fingerprint density at radius 1 is 0.864 bits per heavy atom. The van der Waals surface area contributed by atoms with Crippen molar-refractivity contribution in [1.29, 1.82) is 0 Å². The summed E-state index contributed by atoms with van der Waals surface area (Å²) in [5.41, 5.74) is 0.200. The molecule has 6 heteroatoms. The van der Waals surface area contributed by atoms with Crippen molar-refractivity contribution in [2.45, 2.75) is 27.7 Å². The maximum absolute atomic E-state index is 11.6. The van der Waals surface area contributed by atoms with E-state index in [0.29, 0.717) is 13.2 Å². The molecule has 0 unspecified atom stereocenters.